The monoisotopic (exact) mass is 483 g/mol. The Morgan fingerprint density at radius 1 is 0.861 bits per heavy atom. The maximum atomic E-state index is 12.8. The van der Waals surface area contributed by atoms with Crippen LogP contribution in [0.25, 0.3) is 0 Å². The van der Waals surface area contributed by atoms with Crippen LogP contribution >= 0.6 is 0 Å². The summed E-state index contributed by atoms with van der Waals surface area (Å²) >= 11 is 0. The minimum atomic E-state index is -0.603. The highest BCUT2D eigenvalue weighted by molar-refractivity contribution is 6.06. The van der Waals surface area contributed by atoms with Crippen LogP contribution in [0.15, 0.2) is 72.8 Å². The van der Waals surface area contributed by atoms with Gasteiger partial charge in [0.25, 0.3) is 17.7 Å². The van der Waals surface area contributed by atoms with Crippen molar-refractivity contribution in [3.63, 3.8) is 0 Å². The maximum absolute atomic E-state index is 12.8. The lowest BCUT2D eigenvalue weighted by atomic mass is 10.0. The molecule has 2 unspecified atom stereocenters. The number of fused-ring (bicyclic) bond motifs is 1. The molecule has 3 amide bonds. The van der Waals surface area contributed by atoms with E-state index >= 15 is 0 Å². The Morgan fingerprint density at radius 2 is 1.67 bits per heavy atom. The number of carbonyl (C=O) groups excluding carboxylic acids is 3. The van der Waals surface area contributed by atoms with E-state index in [1.807, 2.05) is 29.2 Å². The number of carbonyl (C=O) groups is 3. The molecule has 0 aromatic heterocycles. The lowest BCUT2D eigenvalue weighted by Crippen LogP contribution is -2.42. The summed E-state index contributed by atoms with van der Waals surface area (Å²) in [7, 11) is 0. The van der Waals surface area contributed by atoms with Crippen molar-refractivity contribution in [3.05, 3.63) is 89.5 Å². The molecule has 3 aromatic carbocycles. The maximum Gasteiger partial charge on any atom is 0.265 e. The molecular formula is C29H29N3O4. The third-order valence-corrected chi connectivity index (χ3v) is 6.79. The largest absolute Gasteiger partial charge is 0.480 e. The van der Waals surface area contributed by atoms with E-state index in [9.17, 15) is 14.4 Å². The SMILES string of the molecule is CC1CCCCN1C(=O)c1ccc(NC(=O)c2cccc(NC(=O)C3Cc4ccccc4O3)c2)cc1. The van der Waals surface area contributed by atoms with E-state index in [1.54, 1.807) is 48.5 Å². The molecule has 2 heterocycles. The Kier molecular flexibility index (Phi) is 6.71. The molecule has 0 spiro atoms. The zero-order valence-electron chi connectivity index (χ0n) is 20.2. The van der Waals surface area contributed by atoms with Gasteiger partial charge in [0.05, 0.1) is 0 Å². The Hall–Kier alpha value is -4.13. The van der Waals surface area contributed by atoms with E-state index in [0.29, 0.717) is 28.9 Å². The number of ether oxygens (including phenoxy) is 1. The van der Waals surface area contributed by atoms with Crippen LogP contribution in [-0.2, 0) is 11.2 Å². The van der Waals surface area contributed by atoms with Gasteiger partial charge in [0.1, 0.15) is 5.75 Å². The lowest BCUT2D eigenvalue weighted by molar-refractivity contribution is -0.122. The first-order valence-electron chi connectivity index (χ1n) is 12.4. The first-order valence-corrected chi connectivity index (χ1v) is 12.4. The van der Waals surface area contributed by atoms with Gasteiger partial charge < -0.3 is 20.3 Å². The fraction of sp³-hybridized carbons (Fsp3) is 0.276. The van der Waals surface area contributed by atoms with Crippen molar-refractivity contribution in [2.75, 3.05) is 17.2 Å². The number of hydrogen-bond acceptors (Lipinski definition) is 4. The second-order valence-electron chi connectivity index (χ2n) is 9.36. The van der Waals surface area contributed by atoms with Crippen molar-refractivity contribution in [3.8, 4) is 5.75 Å². The van der Waals surface area contributed by atoms with Crippen LogP contribution in [-0.4, -0.2) is 41.3 Å². The van der Waals surface area contributed by atoms with Crippen LogP contribution in [0.1, 0.15) is 52.5 Å². The van der Waals surface area contributed by atoms with Crippen molar-refractivity contribution < 1.29 is 19.1 Å². The Morgan fingerprint density at radius 3 is 2.44 bits per heavy atom. The zero-order chi connectivity index (χ0) is 25.1. The van der Waals surface area contributed by atoms with E-state index in [-0.39, 0.29) is 23.8 Å². The molecule has 184 valence electrons. The number of hydrogen-bond donors (Lipinski definition) is 2. The molecule has 1 fully saturated rings. The molecule has 0 radical (unpaired) electrons. The standard InChI is InChI=1S/C29H29N3O4/c1-19-7-4-5-16-32(19)29(35)20-12-14-23(15-13-20)30-27(33)22-9-6-10-24(17-22)31-28(34)26-18-21-8-2-3-11-25(21)36-26/h2-3,6,8-15,17,19,26H,4-5,7,16,18H2,1H3,(H,30,33)(H,31,34). The number of benzene rings is 3. The summed E-state index contributed by atoms with van der Waals surface area (Å²) in [5, 5.41) is 5.71. The summed E-state index contributed by atoms with van der Waals surface area (Å²) in [6.45, 7) is 2.87. The molecule has 2 N–H and O–H groups in total. The summed E-state index contributed by atoms with van der Waals surface area (Å²) in [6, 6.07) is 21.6. The third-order valence-electron chi connectivity index (χ3n) is 6.79. The van der Waals surface area contributed by atoms with Crippen molar-refractivity contribution in [2.24, 2.45) is 0 Å². The molecule has 7 nitrogen and oxygen atoms in total. The van der Waals surface area contributed by atoms with Crippen LogP contribution in [0.5, 0.6) is 5.75 Å². The Labute approximate surface area is 210 Å². The number of piperidine rings is 1. The van der Waals surface area contributed by atoms with Gasteiger partial charge in [0.2, 0.25) is 0 Å². The molecule has 2 aliphatic rings. The number of likely N-dealkylation sites (tertiary alicyclic amines) is 1. The minimum Gasteiger partial charge on any atom is -0.480 e. The Bertz CT molecular complexity index is 1260. The fourth-order valence-corrected chi connectivity index (χ4v) is 4.75. The Balaban J connectivity index is 1.19. The van der Waals surface area contributed by atoms with Crippen molar-refractivity contribution in [1.82, 2.24) is 4.90 Å². The van der Waals surface area contributed by atoms with Gasteiger partial charge in [-0.15, -0.1) is 0 Å². The predicted molar refractivity (Wildman–Crippen MR) is 138 cm³/mol. The van der Waals surface area contributed by atoms with Crippen LogP contribution in [0.3, 0.4) is 0 Å². The van der Waals surface area contributed by atoms with Crippen molar-refractivity contribution in [2.45, 2.75) is 44.8 Å². The third kappa shape index (κ3) is 5.10. The second-order valence-corrected chi connectivity index (χ2v) is 9.36. The van der Waals surface area contributed by atoms with Gasteiger partial charge in [-0.2, -0.15) is 0 Å². The summed E-state index contributed by atoms with van der Waals surface area (Å²) in [5.41, 5.74) is 3.14. The smallest absolute Gasteiger partial charge is 0.265 e. The molecule has 1 saturated heterocycles. The molecule has 36 heavy (non-hydrogen) atoms. The summed E-state index contributed by atoms with van der Waals surface area (Å²) < 4.78 is 5.75. The van der Waals surface area contributed by atoms with Crippen LogP contribution in [0.4, 0.5) is 11.4 Å². The normalized spacial score (nSPS) is 18.6. The first-order chi connectivity index (χ1) is 17.5. The number of nitrogens with one attached hydrogen (secondary N) is 2. The topological polar surface area (TPSA) is 87.7 Å². The average molecular weight is 484 g/mol. The molecule has 2 atom stereocenters. The quantitative estimate of drug-likeness (QED) is 0.541. The first kappa shape index (κ1) is 23.6. The molecule has 0 aliphatic carbocycles. The second kappa shape index (κ2) is 10.2. The van der Waals surface area contributed by atoms with E-state index in [1.165, 1.54) is 0 Å². The van der Waals surface area contributed by atoms with E-state index in [2.05, 4.69) is 17.6 Å². The molecule has 7 heteroatoms. The van der Waals surface area contributed by atoms with Gasteiger partial charge in [-0.25, -0.2) is 0 Å². The number of anilines is 2. The molecule has 5 rings (SSSR count). The van der Waals surface area contributed by atoms with Crippen molar-refractivity contribution >= 4 is 29.1 Å². The lowest BCUT2D eigenvalue weighted by Gasteiger charge is -2.33. The molecule has 0 saturated carbocycles. The van der Waals surface area contributed by atoms with Gasteiger partial charge in [-0.3, -0.25) is 14.4 Å². The fourth-order valence-electron chi connectivity index (χ4n) is 4.75. The van der Waals surface area contributed by atoms with Gasteiger partial charge >= 0.3 is 0 Å². The van der Waals surface area contributed by atoms with Crippen LogP contribution < -0.4 is 15.4 Å². The van der Waals surface area contributed by atoms with Gasteiger partial charge in [0.15, 0.2) is 6.10 Å². The molecular weight excluding hydrogens is 454 g/mol. The summed E-state index contributed by atoms with van der Waals surface area (Å²) in [4.78, 5) is 40.3. The highest BCUT2D eigenvalue weighted by atomic mass is 16.5. The number of para-hydroxylation sites is 1. The van der Waals surface area contributed by atoms with E-state index in [0.717, 1.165) is 37.1 Å². The number of amides is 3. The minimum absolute atomic E-state index is 0.0258. The van der Waals surface area contributed by atoms with E-state index in [4.69, 9.17) is 4.74 Å². The molecule has 3 aromatic rings. The number of rotatable bonds is 5. The highest BCUT2D eigenvalue weighted by Crippen LogP contribution is 2.29. The van der Waals surface area contributed by atoms with Crippen LogP contribution in [0.2, 0.25) is 0 Å². The molecule has 0 bridgehead atoms. The highest BCUT2D eigenvalue weighted by Gasteiger charge is 2.29. The zero-order valence-corrected chi connectivity index (χ0v) is 20.2. The van der Waals surface area contributed by atoms with Crippen LogP contribution in [0, 0.1) is 0 Å². The summed E-state index contributed by atoms with van der Waals surface area (Å²) in [5.74, 6) is 0.188. The number of nitrogens with zero attached hydrogens (tertiary/aromatic N) is 1. The average Bonchev–Trinajstić information content (AvgIpc) is 3.34. The summed E-state index contributed by atoms with van der Waals surface area (Å²) in [6.07, 6.45) is 3.13. The molecule has 2 aliphatic heterocycles. The van der Waals surface area contributed by atoms with Gasteiger partial charge in [-0.1, -0.05) is 24.3 Å². The van der Waals surface area contributed by atoms with Gasteiger partial charge in [-0.05, 0) is 80.3 Å². The van der Waals surface area contributed by atoms with Gasteiger partial charge in [0, 0.05) is 41.5 Å². The predicted octanol–water partition coefficient (Wildman–Crippen LogP) is 4.90. The van der Waals surface area contributed by atoms with Crippen molar-refractivity contribution in [1.29, 1.82) is 0 Å². The van der Waals surface area contributed by atoms with E-state index < -0.39 is 6.10 Å².